The first kappa shape index (κ1) is 27.1. The molecule has 1 aliphatic carbocycles. The van der Waals surface area contributed by atoms with Gasteiger partial charge in [-0.25, -0.2) is 0 Å². The van der Waals surface area contributed by atoms with Crippen molar-refractivity contribution in [2.24, 2.45) is 0 Å². The maximum Gasteiger partial charge on any atom is 0.188 e. The van der Waals surface area contributed by atoms with Crippen LogP contribution in [-0.2, 0) is 6.42 Å². The van der Waals surface area contributed by atoms with Crippen molar-refractivity contribution in [1.82, 2.24) is 4.57 Å². The summed E-state index contributed by atoms with van der Waals surface area (Å²) in [5.41, 5.74) is 6.91. The fourth-order valence-electron chi connectivity index (χ4n) is 8.23. The number of nitriles is 1. The summed E-state index contributed by atoms with van der Waals surface area (Å²) < 4.78 is 15.7. The lowest BCUT2D eigenvalue weighted by Gasteiger charge is -2.39. The van der Waals surface area contributed by atoms with Crippen LogP contribution in [0.15, 0.2) is 144 Å². The number of allylic oxidation sites excluding steroid dienone is 1. The average Bonchev–Trinajstić information content (AvgIpc) is 3.69. The van der Waals surface area contributed by atoms with Gasteiger partial charge in [-0.1, -0.05) is 97.1 Å². The summed E-state index contributed by atoms with van der Waals surface area (Å²) in [5, 5.41) is 17.9. The van der Waals surface area contributed by atoms with Crippen molar-refractivity contribution in [1.29, 1.82) is 5.26 Å². The molecule has 0 saturated carbocycles. The number of benzene rings is 6. The number of rotatable bonds is 3. The molecule has 8 aromatic rings. The highest BCUT2D eigenvalue weighted by Crippen LogP contribution is 2.43. The molecule has 1 aliphatic heterocycles. The second-order valence-corrected chi connectivity index (χ2v) is 16.4. The molecule has 0 N–H and O–H groups in total. The van der Waals surface area contributed by atoms with Gasteiger partial charge in [-0.3, -0.25) is 0 Å². The molecule has 4 nitrogen and oxygen atoms in total. The SMILES string of the molecule is N#Cc1ccc2oc3ccc(-n4c5c(c6c7c(ccc64)[Si](c4ccccc4)(c4ccccc4)c4ccccc4O7)C=CCC5)cc3c2c1. The molecule has 0 spiro atoms. The summed E-state index contributed by atoms with van der Waals surface area (Å²) in [5.74, 6) is 1.89. The molecule has 0 saturated heterocycles. The zero-order valence-electron chi connectivity index (χ0n) is 26.0. The topological polar surface area (TPSA) is 51.1 Å². The molecule has 0 amide bonds. The number of hydrogen-bond donors (Lipinski definition) is 0. The first-order valence-corrected chi connectivity index (χ1v) is 18.4. The molecular weight excluding hydrogens is 605 g/mol. The Morgan fingerprint density at radius 3 is 2.17 bits per heavy atom. The van der Waals surface area contributed by atoms with E-state index in [9.17, 15) is 5.26 Å². The van der Waals surface area contributed by atoms with E-state index in [1.165, 1.54) is 32.0 Å². The molecular formula is C43H28N2O2Si. The monoisotopic (exact) mass is 632 g/mol. The van der Waals surface area contributed by atoms with Crippen LogP contribution in [-0.4, -0.2) is 12.6 Å². The fourth-order valence-corrected chi connectivity index (χ4v) is 13.2. The largest absolute Gasteiger partial charge is 0.457 e. The summed E-state index contributed by atoms with van der Waals surface area (Å²) in [6, 6.07) is 49.7. The van der Waals surface area contributed by atoms with Crippen molar-refractivity contribution in [3.8, 4) is 23.3 Å². The van der Waals surface area contributed by atoms with Crippen LogP contribution in [0, 0.1) is 11.3 Å². The predicted octanol–water partition coefficient (Wildman–Crippen LogP) is 7.84. The third-order valence-electron chi connectivity index (χ3n) is 10.2. The van der Waals surface area contributed by atoms with E-state index in [0.717, 1.165) is 62.9 Å². The zero-order valence-corrected chi connectivity index (χ0v) is 27.0. The molecule has 0 radical (unpaired) electrons. The number of nitrogens with zero attached hydrogens (tertiary/aromatic N) is 2. The Bertz CT molecular complexity index is 2620. The van der Waals surface area contributed by atoms with E-state index in [1.807, 2.05) is 18.2 Å². The summed E-state index contributed by atoms with van der Waals surface area (Å²) in [6.07, 6.45) is 6.48. The van der Waals surface area contributed by atoms with Crippen LogP contribution < -0.4 is 25.5 Å². The van der Waals surface area contributed by atoms with Crippen molar-refractivity contribution in [2.75, 3.05) is 0 Å². The first-order valence-electron chi connectivity index (χ1n) is 16.4. The van der Waals surface area contributed by atoms with E-state index in [2.05, 4.69) is 138 Å². The lowest BCUT2D eigenvalue weighted by atomic mass is 10.0. The highest BCUT2D eigenvalue weighted by atomic mass is 28.3. The van der Waals surface area contributed by atoms with Crippen molar-refractivity contribution >= 4 is 67.7 Å². The van der Waals surface area contributed by atoms with Crippen LogP contribution in [0.2, 0.25) is 0 Å². The Balaban J connectivity index is 1.30. The second-order valence-electron chi connectivity index (χ2n) is 12.7. The highest BCUT2D eigenvalue weighted by Gasteiger charge is 2.48. The Hall–Kier alpha value is -6.09. The number of ether oxygens (including phenoxy) is 1. The van der Waals surface area contributed by atoms with Gasteiger partial charge in [-0.05, 0) is 82.1 Å². The number of hydrogen-bond acceptors (Lipinski definition) is 3. The molecule has 2 aromatic heterocycles. The molecule has 226 valence electrons. The maximum absolute atomic E-state index is 9.60. The van der Waals surface area contributed by atoms with Crippen molar-refractivity contribution < 1.29 is 9.15 Å². The fraction of sp³-hybridized carbons (Fsp3) is 0.0465. The van der Waals surface area contributed by atoms with Crippen LogP contribution in [0.4, 0.5) is 0 Å². The molecule has 48 heavy (non-hydrogen) atoms. The third kappa shape index (κ3) is 3.64. The quantitative estimate of drug-likeness (QED) is 0.187. The first-order chi connectivity index (χ1) is 23.8. The van der Waals surface area contributed by atoms with Gasteiger partial charge in [0.05, 0.1) is 22.5 Å². The van der Waals surface area contributed by atoms with E-state index in [1.54, 1.807) is 0 Å². The van der Waals surface area contributed by atoms with Gasteiger partial charge in [0.2, 0.25) is 0 Å². The molecule has 3 heterocycles. The summed E-state index contributed by atoms with van der Waals surface area (Å²) >= 11 is 0. The minimum Gasteiger partial charge on any atom is -0.457 e. The van der Waals surface area contributed by atoms with E-state index in [-0.39, 0.29) is 0 Å². The maximum atomic E-state index is 9.60. The number of fused-ring (bicyclic) bond motifs is 9. The van der Waals surface area contributed by atoms with Crippen LogP contribution in [0.1, 0.15) is 23.2 Å². The van der Waals surface area contributed by atoms with E-state index >= 15 is 0 Å². The van der Waals surface area contributed by atoms with Crippen molar-refractivity contribution in [3.63, 3.8) is 0 Å². The predicted molar refractivity (Wildman–Crippen MR) is 196 cm³/mol. The van der Waals surface area contributed by atoms with Gasteiger partial charge in [0.1, 0.15) is 22.7 Å². The van der Waals surface area contributed by atoms with Crippen LogP contribution in [0.25, 0.3) is 44.6 Å². The Labute approximate surface area is 278 Å². The highest BCUT2D eigenvalue weighted by molar-refractivity contribution is 7.20. The molecule has 0 bridgehead atoms. The average molecular weight is 633 g/mol. The number of para-hydroxylation sites is 1. The third-order valence-corrected chi connectivity index (χ3v) is 15.0. The smallest absolute Gasteiger partial charge is 0.188 e. The Morgan fingerprint density at radius 2 is 1.40 bits per heavy atom. The Kier molecular flexibility index (Phi) is 5.75. The van der Waals surface area contributed by atoms with E-state index in [4.69, 9.17) is 9.15 Å². The van der Waals surface area contributed by atoms with Gasteiger partial charge in [0, 0.05) is 27.7 Å². The lowest BCUT2D eigenvalue weighted by molar-refractivity contribution is 0.492. The molecule has 10 rings (SSSR count). The van der Waals surface area contributed by atoms with Gasteiger partial charge in [0.25, 0.3) is 0 Å². The molecule has 0 unspecified atom stereocenters. The molecule has 5 heteroatoms. The molecule has 6 aromatic carbocycles. The summed E-state index contributed by atoms with van der Waals surface area (Å²) in [7, 11) is -2.77. The molecule has 0 fully saturated rings. The molecule has 2 aliphatic rings. The Morgan fingerprint density at radius 1 is 0.688 bits per heavy atom. The summed E-state index contributed by atoms with van der Waals surface area (Å²) in [4.78, 5) is 0. The van der Waals surface area contributed by atoms with Gasteiger partial charge in [-0.15, -0.1) is 0 Å². The van der Waals surface area contributed by atoms with Gasteiger partial charge >= 0.3 is 0 Å². The van der Waals surface area contributed by atoms with Crippen LogP contribution in [0.5, 0.6) is 11.5 Å². The van der Waals surface area contributed by atoms with Crippen LogP contribution >= 0.6 is 0 Å². The normalized spacial score (nSPS) is 14.3. The van der Waals surface area contributed by atoms with E-state index < -0.39 is 8.07 Å². The van der Waals surface area contributed by atoms with E-state index in [0.29, 0.717) is 5.56 Å². The number of aromatic nitrogens is 1. The number of furan rings is 1. The zero-order chi connectivity index (χ0) is 31.8. The van der Waals surface area contributed by atoms with Gasteiger partial charge in [0.15, 0.2) is 8.07 Å². The minimum atomic E-state index is -2.77. The van der Waals surface area contributed by atoms with Crippen molar-refractivity contribution in [2.45, 2.75) is 12.8 Å². The van der Waals surface area contributed by atoms with Crippen molar-refractivity contribution in [3.05, 3.63) is 156 Å². The minimum absolute atomic E-state index is 0.623. The second kappa shape index (κ2) is 10.2. The summed E-state index contributed by atoms with van der Waals surface area (Å²) in [6.45, 7) is 0. The lowest BCUT2D eigenvalue weighted by Crippen LogP contribution is -2.76. The molecule has 0 atom stereocenters. The van der Waals surface area contributed by atoms with Gasteiger partial charge < -0.3 is 13.7 Å². The standard InChI is InChI=1S/C43H28N2O2Si/c44-27-28-19-22-37-33(25-28)34-26-29(20-23-38(34)46-37)45-35-16-8-7-15-32(35)42-36(45)21-24-41-43(42)47-39-17-9-10-18-40(39)48(41,30-11-3-1-4-12-30)31-13-5-2-6-14-31/h1-7,9-15,17-26H,8,16H2. The van der Waals surface area contributed by atoms with Gasteiger partial charge in [-0.2, -0.15) is 5.26 Å². The van der Waals surface area contributed by atoms with Crippen LogP contribution in [0.3, 0.4) is 0 Å².